The molecule has 156 valence electrons. The molecule has 0 amide bonds. The zero-order chi connectivity index (χ0) is 19.5. The number of nitrogens with one attached hydrogen (secondary N) is 2. The van der Waals surface area contributed by atoms with Gasteiger partial charge in [0.05, 0.1) is 13.7 Å². The maximum atomic E-state index is 10.6. The molecule has 1 aromatic heterocycles. The van der Waals surface area contributed by atoms with E-state index in [1.165, 1.54) is 5.56 Å². The van der Waals surface area contributed by atoms with Gasteiger partial charge in [0, 0.05) is 13.1 Å². The zero-order valence-corrected chi connectivity index (χ0v) is 20.1. The molecule has 0 spiro atoms. The largest absolute Gasteiger partial charge is 0.497 e. The minimum absolute atomic E-state index is 0. The summed E-state index contributed by atoms with van der Waals surface area (Å²) < 4.78 is 5.18. The van der Waals surface area contributed by atoms with Gasteiger partial charge in [-0.15, -0.1) is 24.0 Å². The van der Waals surface area contributed by atoms with E-state index in [2.05, 4.69) is 27.8 Å². The van der Waals surface area contributed by atoms with E-state index in [-0.39, 0.29) is 24.0 Å². The number of ether oxygens (including phenoxy) is 1. The van der Waals surface area contributed by atoms with Gasteiger partial charge in [-0.3, -0.25) is 0 Å². The molecular formula is C21H32IN3O2S. The Labute approximate surface area is 189 Å². The van der Waals surface area contributed by atoms with Crippen LogP contribution in [-0.4, -0.2) is 37.8 Å². The molecule has 0 radical (unpaired) electrons. The Bertz CT molecular complexity index is 688. The normalized spacial score (nSPS) is 13.4. The summed E-state index contributed by atoms with van der Waals surface area (Å²) in [6, 6.07) is 10.2. The van der Waals surface area contributed by atoms with Crippen LogP contribution >= 0.6 is 35.3 Å². The standard InChI is InChI=1S/C21H31N3O2S.HI/c1-4-22-20(24-16-21(2,25)18-12-14-27-15-18)23-13-6-5-7-17-8-10-19(26-3)11-9-17;/h8-12,14-15,25H,4-7,13,16H2,1-3H3,(H2,22,23,24);1H. The van der Waals surface area contributed by atoms with Crippen molar-refractivity contribution in [2.24, 2.45) is 4.99 Å². The van der Waals surface area contributed by atoms with E-state index in [0.717, 1.165) is 49.6 Å². The molecule has 0 bridgehead atoms. The third-order valence-electron chi connectivity index (χ3n) is 4.38. The van der Waals surface area contributed by atoms with E-state index in [9.17, 15) is 5.11 Å². The first kappa shape index (κ1) is 24.7. The molecule has 28 heavy (non-hydrogen) atoms. The molecule has 1 atom stereocenters. The molecule has 2 aromatic rings. The van der Waals surface area contributed by atoms with E-state index in [1.807, 2.05) is 35.9 Å². The summed E-state index contributed by atoms with van der Waals surface area (Å²) in [4.78, 5) is 4.55. The van der Waals surface area contributed by atoms with Crippen molar-refractivity contribution in [3.05, 3.63) is 52.2 Å². The predicted octanol–water partition coefficient (Wildman–Crippen LogP) is 4.16. The molecule has 0 aliphatic rings. The van der Waals surface area contributed by atoms with Gasteiger partial charge in [0.15, 0.2) is 5.96 Å². The number of benzene rings is 1. The van der Waals surface area contributed by atoms with Gasteiger partial charge in [0.25, 0.3) is 0 Å². The summed E-state index contributed by atoms with van der Waals surface area (Å²) in [6.45, 7) is 5.81. The fraction of sp³-hybridized carbons (Fsp3) is 0.476. The number of nitrogens with zero attached hydrogens (tertiary/aromatic N) is 1. The first-order valence-electron chi connectivity index (χ1n) is 9.45. The van der Waals surface area contributed by atoms with Crippen LogP contribution in [0.15, 0.2) is 46.1 Å². The number of halogens is 1. The number of hydrogen-bond acceptors (Lipinski definition) is 4. The van der Waals surface area contributed by atoms with Gasteiger partial charge in [-0.05, 0) is 73.2 Å². The van der Waals surface area contributed by atoms with Crippen molar-refractivity contribution in [1.82, 2.24) is 10.6 Å². The van der Waals surface area contributed by atoms with Gasteiger partial charge in [-0.1, -0.05) is 12.1 Å². The Morgan fingerprint density at radius 1 is 1.18 bits per heavy atom. The Morgan fingerprint density at radius 3 is 2.54 bits per heavy atom. The van der Waals surface area contributed by atoms with E-state index in [1.54, 1.807) is 25.4 Å². The molecule has 0 saturated carbocycles. The maximum absolute atomic E-state index is 10.6. The van der Waals surface area contributed by atoms with Crippen molar-refractivity contribution in [1.29, 1.82) is 0 Å². The van der Waals surface area contributed by atoms with Crippen LogP contribution in [-0.2, 0) is 12.0 Å². The van der Waals surface area contributed by atoms with Crippen molar-refractivity contribution in [3.8, 4) is 5.75 Å². The summed E-state index contributed by atoms with van der Waals surface area (Å²) >= 11 is 1.58. The van der Waals surface area contributed by atoms with Gasteiger partial charge < -0.3 is 20.5 Å². The van der Waals surface area contributed by atoms with Crippen LogP contribution in [0.1, 0.15) is 37.8 Å². The molecule has 1 heterocycles. The Morgan fingerprint density at radius 2 is 1.93 bits per heavy atom. The summed E-state index contributed by atoms with van der Waals surface area (Å²) in [7, 11) is 1.68. The number of methoxy groups -OCH3 is 1. The summed E-state index contributed by atoms with van der Waals surface area (Å²) in [5.74, 6) is 1.64. The fourth-order valence-electron chi connectivity index (χ4n) is 2.69. The number of aliphatic imine (C=N–C) groups is 1. The second kappa shape index (κ2) is 13.0. The number of hydrogen-bond donors (Lipinski definition) is 3. The fourth-order valence-corrected chi connectivity index (χ4v) is 3.47. The molecule has 1 aromatic carbocycles. The van der Waals surface area contributed by atoms with E-state index in [4.69, 9.17) is 4.74 Å². The minimum Gasteiger partial charge on any atom is -0.497 e. The number of guanidine groups is 1. The second-order valence-electron chi connectivity index (χ2n) is 6.71. The highest BCUT2D eigenvalue weighted by molar-refractivity contribution is 14.0. The van der Waals surface area contributed by atoms with Crippen LogP contribution in [0.2, 0.25) is 0 Å². The number of rotatable bonds is 10. The molecule has 0 aliphatic heterocycles. The second-order valence-corrected chi connectivity index (χ2v) is 7.49. The number of aryl methyl sites for hydroxylation is 1. The molecule has 5 nitrogen and oxygen atoms in total. The van der Waals surface area contributed by atoms with Crippen LogP contribution in [0.5, 0.6) is 5.75 Å². The van der Waals surface area contributed by atoms with Gasteiger partial charge >= 0.3 is 0 Å². The Hall–Kier alpha value is -1.32. The van der Waals surface area contributed by atoms with Gasteiger partial charge in [0.1, 0.15) is 11.4 Å². The van der Waals surface area contributed by atoms with Crippen LogP contribution in [0.3, 0.4) is 0 Å². The zero-order valence-electron chi connectivity index (χ0n) is 16.9. The van der Waals surface area contributed by atoms with Crippen molar-refractivity contribution in [3.63, 3.8) is 0 Å². The van der Waals surface area contributed by atoms with Crippen molar-refractivity contribution in [2.75, 3.05) is 26.7 Å². The number of unbranched alkanes of at least 4 members (excludes halogenated alkanes) is 1. The highest BCUT2D eigenvalue weighted by Gasteiger charge is 2.23. The van der Waals surface area contributed by atoms with Crippen LogP contribution < -0.4 is 15.4 Å². The lowest BCUT2D eigenvalue weighted by atomic mass is 10.00. The molecule has 2 rings (SSSR count). The van der Waals surface area contributed by atoms with Crippen LogP contribution in [0, 0.1) is 0 Å². The van der Waals surface area contributed by atoms with Gasteiger partial charge in [0.2, 0.25) is 0 Å². The number of aliphatic hydroxyl groups is 1. The van der Waals surface area contributed by atoms with Crippen molar-refractivity contribution in [2.45, 2.75) is 38.7 Å². The first-order valence-corrected chi connectivity index (χ1v) is 10.4. The molecule has 3 N–H and O–H groups in total. The topological polar surface area (TPSA) is 65.9 Å². The SMILES string of the molecule is CCNC(=NCC(C)(O)c1ccsc1)NCCCCc1ccc(OC)cc1.I. The lowest BCUT2D eigenvalue weighted by molar-refractivity contribution is 0.0677. The summed E-state index contributed by atoms with van der Waals surface area (Å²) in [6.07, 6.45) is 3.20. The Balaban J connectivity index is 0.00000392. The smallest absolute Gasteiger partial charge is 0.191 e. The lowest BCUT2D eigenvalue weighted by Gasteiger charge is -2.21. The summed E-state index contributed by atoms with van der Waals surface area (Å²) in [5.41, 5.74) is 1.28. The van der Waals surface area contributed by atoms with Gasteiger partial charge in [-0.2, -0.15) is 11.3 Å². The molecular weight excluding hydrogens is 485 g/mol. The van der Waals surface area contributed by atoms with Gasteiger partial charge in [-0.25, -0.2) is 4.99 Å². The average Bonchev–Trinajstić information content (AvgIpc) is 3.22. The third-order valence-corrected chi connectivity index (χ3v) is 5.06. The monoisotopic (exact) mass is 517 g/mol. The average molecular weight is 517 g/mol. The molecule has 1 unspecified atom stereocenters. The van der Waals surface area contributed by atoms with E-state index < -0.39 is 5.60 Å². The van der Waals surface area contributed by atoms with Crippen LogP contribution in [0.25, 0.3) is 0 Å². The Kier molecular flexibility index (Phi) is 11.5. The van der Waals surface area contributed by atoms with E-state index in [0.29, 0.717) is 6.54 Å². The third kappa shape index (κ3) is 8.36. The maximum Gasteiger partial charge on any atom is 0.191 e. The van der Waals surface area contributed by atoms with Crippen molar-refractivity contribution < 1.29 is 9.84 Å². The molecule has 0 aliphatic carbocycles. The lowest BCUT2D eigenvalue weighted by Crippen LogP contribution is -2.39. The molecule has 7 heteroatoms. The quantitative estimate of drug-likeness (QED) is 0.192. The first-order chi connectivity index (χ1) is 13.0. The number of thiophene rings is 1. The summed E-state index contributed by atoms with van der Waals surface area (Å²) in [5, 5.41) is 21.1. The highest BCUT2D eigenvalue weighted by atomic mass is 127. The highest BCUT2D eigenvalue weighted by Crippen LogP contribution is 2.23. The van der Waals surface area contributed by atoms with Crippen LogP contribution in [0.4, 0.5) is 0 Å². The minimum atomic E-state index is -0.948. The molecule has 0 saturated heterocycles. The van der Waals surface area contributed by atoms with Crippen molar-refractivity contribution >= 4 is 41.3 Å². The predicted molar refractivity (Wildman–Crippen MR) is 129 cm³/mol. The van der Waals surface area contributed by atoms with E-state index >= 15 is 0 Å². The molecule has 0 fully saturated rings.